The second-order valence-corrected chi connectivity index (χ2v) is 18.3. The predicted octanol–water partition coefficient (Wildman–Crippen LogP) is 16.1. The van der Waals surface area contributed by atoms with Crippen molar-refractivity contribution < 1.29 is 4.42 Å². The van der Waals surface area contributed by atoms with E-state index in [-0.39, 0.29) is 5.92 Å². The zero-order chi connectivity index (χ0) is 42.8. The second-order valence-electron chi connectivity index (χ2n) is 17.3. The first-order chi connectivity index (χ1) is 32.2. The summed E-state index contributed by atoms with van der Waals surface area (Å²) in [5.41, 5.74) is 10.2. The Morgan fingerprint density at radius 3 is 1.89 bits per heavy atom. The maximum atomic E-state index is 7.08. The molecule has 0 N–H and O–H groups in total. The Kier molecular flexibility index (Phi) is 7.83. The van der Waals surface area contributed by atoms with Crippen LogP contribution in [-0.4, -0.2) is 20.7 Å². The number of furan rings is 1. The number of rotatable bonds is 4. The molecule has 4 aromatic heterocycles. The largest absolute Gasteiger partial charge is 0.454 e. The van der Waals surface area contributed by atoms with Crippen LogP contribution < -0.4 is 0 Å². The molecule has 0 bridgehead atoms. The van der Waals surface area contributed by atoms with Crippen molar-refractivity contribution in [3.8, 4) is 5.69 Å². The number of thiophene rings is 1. The van der Waals surface area contributed by atoms with E-state index in [4.69, 9.17) is 14.4 Å². The monoisotopic (exact) mass is 850 g/mol. The third-order valence-electron chi connectivity index (χ3n) is 13.6. The molecule has 306 valence electrons. The Balaban J connectivity index is 1.08. The van der Waals surface area contributed by atoms with Gasteiger partial charge >= 0.3 is 0 Å². The first-order valence-electron chi connectivity index (χ1n) is 22.3. The molecule has 13 aromatic rings. The van der Waals surface area contributed by atoms with E-state index in [0.717, 1.165) is 78.8 Å². The molecule has 0 amide bonds. The summed E-state index contributed by atoms with van der Waals surface area (Å²) in [5, 5.41) is 11.8. The van der Waals surface area contributed by atoms with Gasteiger partial charge in [0, 0.05) is 69.5 Å². The molecule has 9 aromatic carbocycles. The Morgan fingerprint density at radius 2 is 1.12 bits per heavy atom. The van der Waals surface area contributed by atoms with Gasteiger partial charge in [-0.05, 0) is 77.9 Å². The molecular formula is C59H38N4OS. The Hall–Kier alpha value is -8.06. The third-order valence-corrected chi connectivity index (χ3v) is 14.8. The van der Waals surface area contributed by atoms with Gasteiger partial charge < -0.3 is 8.98 Å². The Bertz CT molecular complexity index is 4190. The third kappa shape index (κ3) is 5.38. The molecule has 0 spiro atoms. The zero-order valence-corrected chi connectivity index (χ0v) is 36.2. The van der Waals surface area contributed by atoms with Gasteiger partial charge in [0.2, 0.25) is 0 Å². The van der Waals surface area contributed by atoms with Crippen LogP contribution in [0.25, 0.3) is 108 Å². The molecule has 1 unspecified atom stereocenters. The number of nitrogens with zero attached hydrogens (tertiary/aromatic N) is 4. The molecule has 0 aliphatic carbocycles. The first-order valence-corrected chi connectivity index (χ1v) is 23.1. The minimum Gasteiger partial charge on any atom is -0.454 e. The number of amidine groups is 1. The van der Waals surface area contributed by atoms with Crippen LogP contribution in [0.15, 0.2) is 209 Å². The van der Waals surface area contributed by atoms with E-state index >= 15 is 0 Å². The van der Waals surface area contributed by atoms with Crippen LogP contribution in [0.5, 0.6) is 0 Å². The smallest absolute Gasteiger partial charge is 0.162 e. The van der Waals surface area contributed by atoms with Gasteiger partial charge in [-0.25, -0.2) is 9.98 Å². The molecule has 0 saturated carbocycles. The van der Waals surface area contributed by atoms with Gasteiger partial charge in [0.15, 0.2) is 11.4 Å². The molecule has 1 aliphatic heterocycles. The fraction of sp³-hybridized carbons (Fsp3) is 0.0508. The highest BCUT2D eigenvalue weighted by Gasteiger charge is 2.26. The number of fused-ring (bicyclic) bond motifs is 13. The van der Waals surface area contributed by atoms with Crippen LogP contribution >= 0.6 is 11.3 Å². The Labute approximate surface area is 377 Å². The lowest BCUT2D eigenvalue weighted by Gasteiger charge is -2.20. The van der Waals surface area contributed by atoms with Crippen LogP contribution in [0.2, 0.25) is 0 Å². The van der Waals surface area contributed by atoms with Gasteiger partial charge in [0.05, 0.1) is 33.5 Å². The summed E-state index contributed by atoms with van der Waals surface area (Å²) in [5.74, 6) is 1.57. The molecule has 1 atom stereocenters. The van der Waals surface area contributed by atoms with E-state index in [1.807, 2.05) is 11.3 Å². The van der Waals surface area contributed by atoms with Crippen LogP contribution in [-0.2, 0) is 0 Å². The SMILES string of the molecule is CC1C/C=C(\n2c3ccccc3c3ccccc32)N=C(c2ccc(-n3c4ccccc4c4cc5ccccc5cc43)c3oc4ccccc4c23)N=C1c1cccc2c1sc1ccccc12. The normalized spacial score (nSPS) is 15.7. The highest BCUT2D eigenvalue weighted by molar-refractivity contribution is 7.26. The molecule has 0 fully saturated rings. The number of benzene rings is 9. The summed E-state index contributed by atoms with van der Waals surface area (Å²) in [6.07, 6.45) is 3.09. The zero-order valence-electron chi connectivity index (χ0n) is 35.4. The minimum absolute atomic E-state index is 0.0719. The number of hydrogen-bond acceptors (Lipinski definition) is 4. The molecule has 5 heterocycles. The standard InChI is InChI=1S/C59H38N4OS/c1-35-29-32-54(63-48-25-10-4-17-38(48)39-18-5-11-26-49(39)63)60-59(61-56(35)45-23-14-22-42-41-20-8-13-28-53(41)65-58(42)45)44-30-31-50(57-55(44)43-21-7-12-27-52(43)64-57)62-47-24-9-6-19-40(47)46-33-36-15-2-3-16-37(36)34-51(46)62/h2-28,30-35H,29H2,1H3/b54-32-,60-59?,61-56?. The van der Waals surface area contributed by atoms with Crippen LogP contribution in [0.3, 0.4) is 0 Å². The van der Waals surface area contributed by atoms with Gasteiger partial charge in [-0.15, -0.1) is 11.3 Å². The maximum absolute atomic E-state index is 7.08. The molecule has 5 nitrogen and oxygen atoms in total. The van der Waals surface area contributed by atoms with Crippen molar-refractivity contribution in [3.05, 3.63) is 205 Å². The van der Waals surface area contributed by atoms with Crippen molar-refractivity contribution in [3.63, 3.8) is 0 Å². The van der Waals surface area contributed by atoms with Crippen LogP contribution in [0.1, 0.15) is 24.5 Å². The van der Waals surface area contributed by atoms with Crippen molar-refractivity contribution in [1.82, 2.24) is 9.13 Å². The lowest BCUT2D eigenvalue weighted by atomic mass is 9.93. The van der Waals surface area contributed by atoms with E-state index in [2.05, 4.69) is 210 Å². The number of allylic oxidation sites excluding steroid dienone is 1. The molecule has 0 radical (unpaired) electrons. The topological polar surface area (TPSA) is 47.7 Å². The van der Waals surface area contributed by atoms with E-state index in [9.17, 15) is 0 Å². The highest BCUT2D eigenvalue weighted by atomic mass is 32.1. The molecule has 6 heteroatoms. The van der Waals surface area contributed by atoms with Crippen molar-refractivity contribution in [2.75, 3.05) is 0 Å². The van der Waals surface area contributed by atoms with Crippen molar-refractivity contribution >= 4 is 125 Å². The summed E-state index contributed by atoms with van der Waals surface area (Å²) < 4.78 is 14.3. The maximum Gasteiger partial charge on any atom is 0.162 e. The van der Waals surface area contributed by atoms with E-state index in [1.54, 1.807) is 0 Å². The first kappa shape index (κ1) is 36.4. The van der Waals surface area contributed by atoms with Crippen LogP contribution in [0, 0.1) is 5.92 Å². The van der Waals surface area contributed by atoms with Gasteiger partial charge in [-0.2, -0.15) is 0 Å². The number of aromatic nitrogens is 2. The summed E-state index contributed by atoms with van der Waals surface area (Å²) in [4.78, 5) is 11.6. The predicted molar refractivity (Wildman–Crippen MR) is 275 cm³/mol. The van der Waals surface area contributed by atoms with Gasteiger partial charge in [0.25, 0.3) is 0 Å². The van der Waals surface area contributed by atoms with Crippen molar-refractivity contribution in [1.29, 1.82) is 0 Å². The molecule has 65 heavy (non-hydrogen) atoms. The summed E-state index contributed by atoms with van der Waals surface area (Å²) in [7, 11) is 0. The molecular weight excluding hydrogens is 813 g/mol. The van der Waals surface area contributed by atoms with E-state index < -0.39 is 0 Å². The van der Waals surface area contributed by atoms with Crippen molar-refractivity contribution in [2.45, 2.75) is 13.3 Å². The average Bonchev–Trinajstić information content (AvgIpc) is 4.11. The van der Waals surface area contributed by atoms with E-state index in [0.29, 0.717) is 5.84 Å². The summed E-state index contributed by atoms with van der Waals surface area (Å²) in [6.45, 7) is 2.31. The second kappa shape index (κ2) is 14.0. The lowest BCUT2D eigenvalue weighted by Crippen LogP contribution is -2.18. The average molecular weight is 851 g/mol. The number of para-hydroxylation sites is 4. The van der Waals surface area contributed by atoms with Crippen LogP contribution in [0.4, 0.5) is 0 Å². The fourth-order valence-electron chi connectivity index (χ4n) is 10.6. The fourth-order valence-corrected chi connectivity index (χ4v) is 11.8. The molecule has 0 saturated heterocycles. The molecule has 1 aliphatic rings. The Morgan fingerprint density at radius 1 is 0.508 bits per heavy atom. The quantitative estimate of drug-likeness (QED) is 0.174. The summed E-state index contributed by atoms with van der Waals surface area (Å²) >= 11 is 1.84. The lowest BCUT2D eigenvalue weighted by molar-refractivity contribution is 0.666. The van der Waals surface area contributed by atoms with Crippen molar-refractivity contribution in [2.24, 2.45) is 15.9 Å². The highest BCUT2D eigenvalue weighted by Crippen LogP contribution is 2.43. The van der Waals surface area contributed by atoms with Gasteiger partial charge in [0.1, 0.15) is 11.4 Å². The minimum atomic E-state index is 0.0719. The molecule has 14 rings (SSSR count). The van der Waals surface area contributed by atoms with Gasteiger partial charge in [-0.3, -0.25) is 4.57 Å². The summed E-state index contributed by atoms with van der Waals surface area (Å²) in [6, 6.07) is 67.5. The van der Waals surface area contributed by atoms with Gasteiger partial charge in [-0.1, -0.05) is 140 Å². The van der Waals surface area contributed by atoms with E-state index in [1.165, 1.54) is 52.5 Å². The number of aliphatic imine (C=N–C) groups is 2. The number of hydrogen-bond donors (Lipinski definition) is 0.